The van der Waals surface area contributed by atoms with Crippen molar-refractivity contribution in [3.63, 3.8) is 0 Å². The highest BCUT2D eigenvalue weighted by molar-refractivity contribution is 9.10. The standard InChI is InChI=1S/C29H20BrClF2N3O6PS/c30-25-12-17(10-11-24(25)29(32,33)43(39,40)41)16-36-28(34-21-7-3-6-20(31)15-21)44-26(35-36)18-4-1-8-22(13-18)42-23-9-2-5-19(14-23)27(37)38/h1-15H,16H2,(H,37,38)(H2,39,40,41). The van der Waals surface area contributed by atoms with E-state index in [1.165, 1.54) is 35.6 Å². The highest BCUT2D eigenvalue weighted by Gasteiger charge is 2.51. The van der Waals surface area contributed by atoms with Crippen LogP contribution in [0.2, 0.25) is 5.02 Å². The smallest absolute Gasteiger partial charge is 0.399 e. The van der Waals surface area contributed by atoms with E-state index < -0.39 is 24.8 Å². The Bertz CT molecular complexity index is 2000. The van der Waals surface area contributed by atoms with Gasteiger partial charge < -0.3 is 19.6 Å². The number of carboxylic acids is 1. The first kappa shape index (κ1) is 31.7. The Morgan fingerprint density at radius 3 is 2.41 bits per heavy atom. The maximum atomic E-state index is 14.4. The number of halogens is 4. The summed E-state index contributed by atoms with van der Waals surface area (Å²) in [5.74, 6) is -0.304. The van der Waals surface area contributed by atoms with Gasteiger partial charge in [-0.15, -0.1) is 0 Å². The minimum atomic E-state index is -5.76. The van der Waals surface area contributed by atoms with E-state index in [0.717, 1.165) is 6.07 Å². The van der Waals surface area contributed by atoms with Crippen molar-refractivity contribution < 1.29 is 37.8 Å². The molecule has 15 heteroatoms. The second-order valence-corrected chi connectivity index (χ2v) is 13.2. The number of rotatable bonds is 9. The van der Waals surface area contributed by atoms with Crippen LogP contribution in [0.15, 0.2) is 100 Å². The van der Waals surface area contributed by atoms with E-state index in [1.807, 2.05) is 6.07 Å². The lowest BCUT2D eigenvalue weighted by Crippen LogP contribution is -2.18. The predicted molar refractivity (Wildman–Crippen MR) is 165 cm³/mol. The number of aromatic nitrogens is 2. The molecule has 3 N–H and O–H groups in total. The van der Waals surface area contributed by atoms with E-state index in [4.69, 9.17) is 31.2 Å². The third-order valence-corrected chi connectivity index (χ3v) is 8.97. The molecular formula is C29H20BrClF2N3O6PS. The summed E-state index contributed by atoms with van der Waals surface area (Å²) in [7, 11) is -5.76. The number of hydrogen-bond acceptors (Lipinski definition) is 6. The van der Waals surface area contributed by atoms with Crippen LogP contribution in [0.25, 0.3) is 10.6 Å². The lowest BCUT2D eigenvalue weighted by atomic mass is 10.1. The molecule has 0 unspecified atom stereocenters. The Morgan fingerprint density at radius 2 is 1.73 bits per heavy atom. The number of carboxylic acid groups (broad SMARTS) is 1. The van der Waals surface area contributed by atoms with Crippen molar-refractivity contribution in [2.24, 2.45) is 4.99 Å². The number of ether oxygens (including phenoxy) is 1. The van der Waals surface area contributed by atoms with Crippen molar-refractivity contribution in [2.45, 2.75) is 12.2 Å². The van der Waals surface area contributed by atoms with Gasteiger partial charge in [-0.1, -0.05) is 75.3 Å². The van der Waals surface area contributed by atoms with Crippen LogP contribution in [0.3, 0.4) is 0 Å². The van der Waals surface area contributed by atoms with Gasteiger partial charge in [0.15, 0.2) is 0 Å². The van der Waals surface area contributed by atoms with Crippen LogP contribution in [0.5, 0.6) is 11.5 Å². The fourth-order valence-electron chi connectivity index (χ4n) is 4.02. The summed E-state index contributed by atoms with van der Waals surface area (Å²) in [6.45, 7) is 0.0778. The summed E-state index contributed by atoms with van der Waals surface area (Å²) < 4.78 is 47.4. The normalized spacial score (nSPS) is 12.4. The van der Waals surface area contributed by atoms with Crippen molar-refractivity contribution in [3.8, 4) is 22.1 Å². The summed E-state index contributed by atoms with van der Waals surface area (Å²) in [5.41, 5.74) is -3.41. The molecule has 0 fully saturated rings. The van der Waals surface area contributed by atoms with Gasteiger partial charge in [0, 0.05) is 20.6 Å². The van der Waals surface area contributed by atoms with Crippen LogP contribution >= 0.6 is 46.5 Å². The third kappa shape index (κ3) is 7.15. The molecular weight excluding hydrogens is 703 g/mol. The molecule has 0 bridgehead atoms. The molecule has 0 spiro atoms. The lowest BCUT2D eigenvalue weighted by Gasteiger charge is -2.19. The fourth-order valence-corrected chi connectivity index (χ4v) is 6.46. The molecule has 0 saturated heterocycles. The molecule has 226 valence electrons. The van der Waals surface area contributed by atoms with Crippen LogP contribution in [0.4, 0.5) is 14.5 Å². The van der Waals surface area contributed by atoms with E-state index in [2.05, 4.69) is 20.9 Å². The third-order valence-electron chi connectivity index (χ3n) is 6.11. The second-order valence-electron chi connectivity index (χ2n) is 9.30. The number of nitrogens with zero attached hydrogens (tertiary/aromatic N) is 3. The molecule has 0 saturated carbocycles. The highest BCUT2D eigenvalue weighted by Crippen LogP contribution is 2.60. The maximum Gasteiger partial charge on any atom is 0.399 e. The number of alkyl halides is 2. The van der Waals surface area contributed by atoms with Gasteiger partial charge >= 0.3 is 19.2 Å². The van der Waals surface area contributed by atoms with E-state index >= 15 is 0 Å². The Morgan fingerprint density at radius 1 is 1.02 bits per heavy atom. The Hall–Kier alpha value is -3.71. The van der Waals surface area contributed by atoms with E-state index in [0.29, 0.717) is 43.1 Å². The maximum absolute atomic E-state index is 14.4. The largest absolute Gasteiger partial charge is 0.478 e. The van der Waals surface area contributed by atoms with Crippen LogP contribution in [0, 0.1) is 0 Å². The van der Waals surface area contributed by atoms with Gasteiger partial charge in [0.2, 0.25) is 4.80 Å². The van der Waals surface area contributed by atoms with E-state index in [9.17, 15) is 23.2 Å². The zero-order chi connectivity index (χ0) is 31.6. The predicted octanol–water partition coefficient (Wildman–Crippen LogP) is 8.03. The molecule has 5 rings (SSSR count). The number of benzene rings is 4. The molecule has 0 aliphatic rings. The van der Waals surface area contributed by atoms with Gasteiger partial charge in [0.1, 0.15) is 16.5 Å². The van der Waals surface area contributed by atoms with Crippen molar-refractivity contribution >= 4 is 58.1 Å². The quantitative estimate of drug-likeness (QED) is 0.131. The minimum absolute atomic E-state index is 0.0778. The molecule has 1 heterocycles. The summed E-state index contributed by atoms with van der Waals surface area (Å²) in [5, 5.41) is 15.0. The fraction of sp³-hybridized carbons (Fsp3) is 0.0690. The molecule has 0 radical (unpaired) electrons. The topological polar surface area (TPSA) is 134 Å². The first-order valence-corrected chi connectivity index (χ1v) is 16.1. The number of aromatic carboxylic acids is 1. The van der Waals surface area contributed by atoms with Gasteiger partial charge in [0.25, 0.3) is 0 Å². The summed E-state index contributed by atoms with van der Waals surface area (Å²) in [6.07, 6.45) is 0. The molecule has 0 atom stereocenters. The first-order chi connectivity index (χ1) is 20.8. The summed E-state index contributed by atoms with van der Waals surface area (Å²) in [6, 6.07) is 23.6. The SMILES string of the molecule is O=C(O)c1cccc(Oc2cccc(-c3nn(Cc4ccc(C(F)(F)P(=O)(O)O)c(Br)c4)c(=Nc4cccc(Cl)c4)s3)c2)c1. The molecule has 9 nitrogen and oxygen atoms in total. The van der Waals surface area contributed by atoms with Crippen LogP contribution in [-0.2, 0) is 16.8 Å². The van der Waals surface area contributed by atoms with Crippen molar-refractivity contribution in [3.05, 3.63) is 122 Å². The minimum Gasteiger partial charge on any atom is -0.478 e. The molecule has 0 aliphatic heterocycles. The van der Waals surface area contributed by atoms with Gasteiger partial charge in [-0.05, 0) is 60.2 Å². The lowest BCUT2D eigenvalue weighted by molar-refractivity contribution is 0.0557. The zero-order valence-electron chi connectivity index (χ0n) is 22.1. The number of carbonyl (C=O) groups is 1. The first-order valence-electron chi connectivity index (χ1n) is 12.5. The van der Waals surface area contributed by atoms with E-state index in [-0.39, 0.29) is 16.6 Å². The molecule has 5 aromatic rings. The molecule has 44 heavy (non-hydrogen) atoms. The average Bonchev–Trinajstić information content (AvgIpc) is 3.34. The van der Waals surface area contributed by atoms with Crippen molar-refractivity contribution in [1.82, 2.24) is 9.78 Å². The van der Waals surface area contributed by atoms with E-state index in [1.54, 1.807) is 59.3 Å². The van der Waals surface area contributed by atoms with Gasteiger partial charge in [-0.3, -0.25) is 4.57 Å². The van der Waals surface area contributed by atoms with Gasteiger partial charge in [-0.25, -0.2) is 14.5 Å². The van der Waals surface area contributed by atoms with Crippen LogP contribution in [0.1, 0.15) is 21.5 Å². The summed E-state index contributed by atoms with van der Waals surface area (Å²) >= 11 is 10.4. The molecule has 0 amide bonds. The Kier molecular flexibility index (Phi) is 9.17. The Labute approximate surface area is 266 Å². The van der Waals surface area contributed by atoms with Gasteiger partial charge in [0.05, 0.1) is 17.8 Å². The Balaban J connectivity index is 1.52. The molecule has 0 aliphatic carbocycles. The van der Waals surface area contributed by atoms with Gasteiger partial charge in [-0.2, -0.15) is 13.9 Å². The monoisotopic (exact) mass is 721 g/mol. The highest BCUT2D eigenvalue weighted by atomic mass is 79.9. The summed E-state index contributed by atoms with van der Waals surface area (Å²) in [4.78, 5) is 34.8. The average molecular weight is 723 g/mol. The van der Waals surface area contributed by atoms with Crippen molar-refractivity contribution in [2.75, 3.05) is 0 Å². The zero-order valence-corrected chi connectivity index (χ0v) is 26.2. The molecule has 4 aromatic carbocycles. The molecule has 1 aromatic heterocycles. The van der Waals surface area contributed by atoms with Crippen LogP contribution in [-0.4, -0.2) is 30.6 Å². The number of hydrogen-bond donors (Lipinski definition) is 3. The van der Waals surface area contributed by atoms with Crippen molar-refractivity contribution in [1.29, 1.82) is 0 Å². The second kappa shape index (κ2) is 12.7. The van der Waals surface area contributed by atoms with Crippen LogP contribution < -0.4 is 9.54 Å².